The van der Waals surface area contributed by atoms with Gasteiger partial charge < -0.3 is 4.74 Å². The van der Waals surface area contributed by atoms with Crippen LogP contribution in [0.25, 0.3) is 0 Å². The summed E-state index contributed by atoms with van der Waals surface area (Å²) in [7, 11) is -1.27. The van der Waals surface area contributed by atoms with Crippen LogP contribution in [0.2, 0.25) is 0 Å². The van der Waals surface area contributed by atoms with Gasteiger partial charge in [0, 0.05) is 4.90 Å². The Bertz CT molecular complexity index is 775. The highest BCUT2D eigenvalue weighted by Gasteiger charge is 2.27. The van der Waals surface area contributed by atoms with E-state index in [2.05, 4.69) is 0 Å². The summed E-state index contributed by atoms with van der Waals surface area (Å²) in [5.41, 5.74) is 2.77. The summed E-state index contributed by atoms with van der Waals surface area (Å²) in [6.07, 6.45) is 2.16. The molecule has 0 aliphatic heterocycles. The van der Waals surface area contributed by atoms with E-state index in [0.717, 1.165) is 16.0 Å². The zero-order valence-corrected chi connectivity index (χ0v) is 16.6. The molecule has 4 heteroatoms. The van der Waals surface area contributed by atoms with Crippen molar-refractivity contribution in [3.05, 3.63) is 77.4 Å². The molecule has 138 valence electrons. The molecule has 2 rings (SSSR count). The van der Waals surface area contributed by atoms with Gasteiger partial charge >= 0.3 is 5.97 Å². The van der Waals surface area contributed by atoms with Crippen molar-refractivity contribution in [1.82, 2.24) is 0 Å². The molecular formula is C22H26O3S. The van der Waals surface area contributed by atoms with E-state index in [1.165, 1.54) is 0 Å². The first-order valence-corrected chi connectivity index (χ1v) is 9.96. The van der Waals surface area contributed by atoms with Crippen molar-refractivity contribution in [2.75, 3.05) is 0 Å². The van der Waals surface area contributed by atoms with Gasteiger partial charge in [0.15, 0.2) is 0 Å². The minimum absolute atomic E-state index is 0.305. The average molecular weight is 371 g/mol. The molecule has 26 heavy (non-hydrogen) atoms. The molecule has 0 spiro atoms. The summed E-state index contributed by atoms with van der Waals surface area (Å²) in [6, 6.07) is 16.5. The minimum Gasteiger partial charge on any atom is -0.458 e. The maximum atomic E-state index is 13.1. The summed E-state index contributed by atoms with van der Waals surface area (Å²) < 4.78 is 18.8. The van der Waals surface area contributed by atoms with E-state index in [9.17, 15) is 9.00 Å². The second-order valence-electron chi connectivity index (χ2n) is 6.64. The maximum Gasteiger partial charge on any atom is 0.338 e. The predicted octanol–water partition coefficient (Wildman–Crippen LogP) is 5.07. The van der Waals surface area contributed by atoms with E-state index < -0.39 is 16.9 Å². The molecule has 0 aliphatic rings. The lowest BCUT2D eigenvalue weighted by Gasteiger charge is -2.23. The fourth-order valence-corrected chi connectivity index (χ4v) is 3.97. The van der Waals surface area contributed by atoms with E-state index in [4.69, 9.17) is 4.74 Å². The van der Waals surface area contributed by atoms with Gasteiger partial charge in [-0.05, 0) is 58.4 Å². The second kappa shape index (κ2) is 9.48. The summed E-state index contributed by atoms with van der Waals surface area (Å²) >= 11 is 0. The van der Waals surface area contributed by atoms with Gasteiger partial charge in [0.05, 0.1) is 21.6 Å². The van der Waals surface area contributed by atoms with E-state index in [1.54, 1.807) is 24.3 Å². The van der Waals surface area contributed by atoms with Gasteiger partial charge in [-0.1, -0.05) is 47.5 Å². The highest BCUT2D eigenvalue weighted by molar-refractivity contribution is 7.85. The van der Waals surface area contributed by atoms with Crippen LogP contribution in [-0.4, -0.2) is 21.5 Å². The molecule has 0 heterocycles. The number of esters is 1. The van der Waals surface area contributed by atoms with Crippen LogP contribution in [0.1, 0.15) is 43.1 Å². The third-order valence-electron chi connectivity index (χ3n) is 4.11. The molecule has 0 bridgehead atoms. The molecular weight excluding hydrogens is 344 g/mol. The lowest BCUT2D eigenvalue weighted by molar-refractivity contribution is 0.0336. The van der Waals surface area contributed by atoms with Crippen LogP contribution < -0.4 is 0 Å². The van der Waals surface area contributed by atoms with E-state index >= 15 is 0 Å². The van der Waals surface area contributed by atoms with Crippen LogP contribution in [0.3, 0.4) is 0 Å². The van der Waals surface area contributed by atoms with Crippen molar-refractivity contribution in [2.45, 2.75) is 50.4 Å². The molecule has 0 aromatic heterocycles. The zero-order valence-electron chi connectivity index (χ0n) is 15.8. The monoisotopic (exact) mass is 370 g/mol. The standard InChI is InChI=1S/C22H26O3S/c1-16(2)10-15-21(26(24)20-13-11-17(3)12-14-20)18(4)25-22(23)19-8-6-5-7-9-19/h5-14,18,21H,15H2,1-4H3/t18-,21-,26+/m1/s1. The summed E-state index contributed by atoms with van der Waals surface area (Å²) in [5, 5.41) is -0.305. The Labute approximate surface area is 158 Å². The van der Waals surface area contributed by atoms with Crippen LogP contribution in [-0.2, 0) is 15.5 Å². The molecule has 3 nitrogen and oxygen atoms in total. The Morgan fingerprint density at radius 1 is 1.08 bits per heavy atom. The van der Waals surface area contributed by atoms with Gasteiger partial charge in [-0.3, -0.25) is 4.21 Å². The number of benzene rings is 2. The molecule has 2 aromatic rings. The van der Waals surface area contributed by atoms with Crippen molar-refractivity contribution >= 4 is 16.8 Å². The molecule has 0 radical (unpaired) electrons. The molecule has 0 fully saturated rings. The van der Waals surface area contributed by atoms with Gasteiger partial charge in [0.25, 0.3) is 0 Å². The average Bonchev–Trinajstić information content (AvgIpc) is 2.62. The van der Waals surface area contributed by atoms with Crippen molar-refractivity contribution in [3.8, 4) is 0 Å². The topological polar surface area (TPSA) is 43.4 Å². The Morgan fingerprint density at radius 3 is 2.27 bits per heavy atom. The van der Waals surface area contributed by atoms with Crippen LogP contribution >= 0.6 is 0 Å². The third-order valence-corrected chi connectivity index (χ3v) is 5.98. The van der Waals surface area contributed by atoms with Crippen LogP contribution in [0.5, 0.6) is 0 Å². The lowest BCUT2D eigenvalue weighted by atomic mass is 10.1. The highest BCUT2D eigenvalue weighted by atomic mass is 32.2. The molecule has 0 saturated heterocycles. The second-order valence-corrected chi connectivity index (χ2v) is 8.31. The number of ether oxygens (including phenoxy) is 1. The number of allylic oxidation sites excluding steroid dienone is 2. The van der Waals surface area contributed by atoms with Gasteiger partial charge in [0.2, 0.25) is 0 Å². The number of hydrogen-bond acceptors (Lipinski definition) is 3. The van der Waals surface area contributed by atoms with Gasteiger partial charge in [0.1, 0.15) is 6.10 Å². The number of aryl methyl sites for hydroxylation is 1. The van der Waals surface area contributed by atoms with Gasteiger partial charge in [-0.25, -0.2) is 4.79 Å². The predicted molar refractivity (Wildman–Crippen MR) is 107 cm³/mol. The molecule has 0 aliphatic carbocycles. The first kappa shape index (κ1) is 20.1. The largest absolute Gasteiger partial charge is 0.458 e. The normalized spacial score (nSPS) is 14.2. The Hall–Kier alpha value is -2.20. The molecule has 3 atom stereocenters. The molecule has 0 N–H and O–H groups in total. The molecule has 0 unspecified atom stereocenters. The highest BCUT2D eigenvalue weighted by Crippen LogP contribution is 2.21. The third kappa shape index (κ3) is 5.67. The van der Waals surface area contributed by atoms with Crippen LogP contribution in [0.15, 0.2) is 71.1 Å². The van der Waals surface area contributed by atoms with Crippen molar-refractivity contribution in [1.29, 1.82) is 0 Å². The smallest absolute Gasteiger partial charge is 0.338 e. The van der Waals surface area contributed by atoms with E-state index in [1.807, 2.05) is 64.1 Å². The number of hydrogen-bond donors (Lipinski definition) is 0. The van der Waals surface area contributed by atoms with Crippen LogP contribution in [0.4, 0.5) is 0 Å². The number of rotatable bonds is 7. The zero-order chi connectivity index (χ0) is 19.1. The van der Waals surface area contributed by atoms with Crippen LogP contribution in [0, 0.1) is 6.92 Å². The minimum atomic E-state index is -1.27. The van der Waals surface area contributed by atoms with Gasteiger partial charge in [-0.15, -0.1) is 0 Å². The van der Waals surface area contributed by atoms with E-state index in [-0.39, 0.29) is 11.2 Å². The molecule has 2 aromatic carbocycles. The SMILES string of the molecule is CC(C)=CC[C@H]([C@@H](C)OC(=O)c1ccccc1)[S@@](=O)c1ccc(C)cc1. The maximum absolute atomic E-state index is 13.1. The molecule has 0 saturated carbocycles. The van der Waals surface area contributed by atoms with Crippen molar-refractivity contribution < 1.29 is 13.7 Å². The van der Waals surface area contributed by atoms with Crippen molar-refractivity contribution in [3.63, 3.8) is 0 Å². The van der Waals surface area contributed by atoms with E-state index in [0.29, 0.717) is 12.0 Å². The fourth-order valence-electron chi connectivity index (χ4n) is 2.54. The Balaban J connectivity index is 2.19. The first-order valence-electron chi connectivity index (χ1n) is 8.75. The summed E-state index contributed by atoms with van der Waals surface area (Å²) in [6.45, 7) is 7.83. The Kier molecular flexibility index (Phi) is 7.34. The number of carbonyl (C=O) groups excluding carboxylic acids is 1. The quantitative estimate of drug-likeness (QED) is 0.505. The number of carbonyl (C=O) groups is 1. The molecule has 0 amide bonds. The lowest BCUT2D eigenvalue weighted by Crippen LogP contribution is -2.32. The fraction of sp³-hybridized carbons (Fsp3) is 0.318. The Morgan fingerprint density at radius 2 is 1.69 bits per heavy atom. The van der Waals surface area contributed by atoms with Crippen molar-refractivity contribution in [2.24, 2.45) is 0 Å². The first-order chi connectivity index (χ1) is 12.4. The van der Waals surface area contributed by atoms with Gasteiger partial charge in [-0.2, -0.15) is 0 Å². The summed E-state index contributed by atoms with van der Waals surface area (Å²) in [5.74, 6) is -0.388. The summed E-state index contributed by atoms with van der Waals surface area (Å²) in [4.78, 5) is 13.1.